The zero-order valence-corrected chi connectivity index (χ0v) is 18.3. The average molecular weight is 471 g/mol. The van der Waals surface area contributed by atoms with Gasteiger partial charge in [0.05, 0.1) is 14.2 Å². The van der Waals surface area contributed by atoms with Gasteiger partial charge in [0, 0.05) is 21.5 Å². The number of nitrogens with one attached hydrogen (secondary N) is 1. The van der Waals surface area contributed by atoms with Crippen LogP contribution in [0.5, 0.6) is 11.5 Å². The first-order valence-electron chi connectivity index (χ1n) is 9.43. The Labute approximate surface area is 184 Å². The van der Waals surface area contributed by atoms with Gasteiger partial charge in [-0.15, -0.1) is 0 Å². The summed E-state index contributed by atoms with van der Waals surface area (Å²) >= 11 is 3.51. The number of hydrogen-bond donors (Lipinski definition) is 1. The van der Waals surface area contributed by atoms with E-state index in [-0.39, 0.29) is 11.3 Å². The molecule has 6 nitrogen and oxygen atoms in total. The van der Waals surface area contributed by atoms with E-state index in [4.69, 9.17) is 9.47 Å². The minimum atomic E-state index is -0.890. The highest BCUT2D eigenvalue weighted by Crippen LogP contribution is 2.30. The van der Waals surface area contributed by atoms with Crippen molar-refractivity contribution in [2.24, 2.45) is 0 Å². The Morgan fingerprint density at radius 2 is 1.50 bits per heavy atom. The molecule has 0 radical (unpaired) electrons. The SMILES string of the molecule is COc1ccc(N[C@H](c2ccc(OC)cc2)[C@H](Cc2ccccc2Br)[N+](=O)[O-])cc1. The van der Waals surface area contributed by atoms with E-state index in [1.54, 1.807) is 14.2 Å². The number of anilines is 1. The molecule has 0 spiro atoms. The maximum atomic E-state index is 12.1. The maximum Gasteiger partial charge on any atom is 0.241 e. The summed E-state index contributed by atoms with van der Waals surface area (Å²) < 4.78 is 11.3. The Kier molecular flexibility index (Phi) is 7.30. The van der Waals surface area contributed by atoms with Crippen LogP contribution in [0.1, 0.15) is 17.2 Å². The second-order valence-corrected chi connectivity index (χ2v) is 7.63. The van der Waals surface area contributed by atoms with Crippen LogP contribution in [0.25, 0.3) is 0 Å². The van der Waals surface area contributed by atoms with E-state index in [2.05, 4.69) is 21.2 Å². The molecule has 0 saturated carbocycles. The Morgan fingerprint density at radius 3 is 2.03 bits per heavy atom. The smallest absolute Gasteiger partial charge is 0.241 e. The molecule has 0 unspecified atom stereocenters. The van der Waals surface area contributed by atoms with Crippen LogP contribution >= 0.6 is 15.9 Å². The molecule has 0 fully saturated rings. The van der Waals surface area contributed by atoms with Crippen LogP contribution in [0, 0.1) is 10.1 Å². The summed E-state index contributed by atoms with van der Waals surface area (Å²) in [6.07, 6.45) is 0.272. The number of benzene rings is 3. The molecule has 0 heterocycles. The minimum Gasteiger partial charge on any atom is -0.497 e. The van der Waals surface area contributed by atoms with Gasteiger partial charge in [0.1, 0.15) is 17.5 Å². The Hall–Kier alpha value is -3.06. The molecular weight excluding hydrogens is 448 g/mol. The van der Waals surface area contributed by atoms with E-state index < -0.39 is 12.1 Å². The van der Waals surface area contributed by atoms with E-state index >= 15 is 0 Å². The van der Waals surface area contributed by atoms with E-state index in [0.717, 1.165) is 27.0 Å². The Morgan fingerprint density at radius 1 is 0.933 bits per heavy atom. The van der Waals surface area contributed by atoms with E-state index in [9.17, 15) is 10.1 Å². The first-order valence-corrected chi connectivity index (χ1v) is 10.2. The van der Waals surface area contributed by atoms with Crippen molar-refractivity contribution in [1.82, 2.24) is 0 Å². The van der Waals surface area contributed by atoms with Crippen LogP contribution in [-0.4, -0.2) is 25.2 Å². The highest BCUT2D eigenvalue weighted by atomic mass is 79.9. The quantitative estimate of drug-likeness (QED) is 0.329. The number of rotatable bonds is 9. The van der Waals surface area contributed by atoms with Gasteiger partial charge < -0.3 is 14.8 Å². The number of hydrogen-bond acceptors (Lipinski definition) is 5. The van der Waals surface area contributed by atoms with Crippen LogP contribution in [0.4, 0.5) is 5.69 Å². The van der Waals surface area contributed by atoms with Crippen molar-refractivity contribution < 1.29 is 14.4 Å². The number of ether oxygens (including phenoxy) is 2. The molecule has 0 saturated heterocycles. The minimum absolute atomic E-state index is 0.217. The average Bonchev–Trinajstić information content (AvgIpc) is 2.77. The topological polar surface area (TPSA) is 73.6 Å². The molecule has 30 heavy (non-hydrogen) atoms. The van der Waals surface area contributed by atoms with Crippen LogP contribution in [0.2, 0.25) is 0 Å². The predicted molar refractivity (Wildman–Crippen MR) is 121 cm³/mol. The van der Waals surface area contributed by atoms with Crippen molar-refractivity contribution in [2.45, 2.75) is 18.5 Å². The molecule has 0 amide bonds. The summed E-state index contributed by atoms with van der Waals surface area (Å²) in [5.41, 5.74) is 2.46. The zero-order chi connectivity index (χ0) is 21.5. The predicted octanol–water partition coefficient (Wildman–Crippen LogP) is 5.51. The molecule has 0 aliphatic rings. The van der Waals surface area contributed by atoms with Gasteiger partial charge in [-0.1, -0.05) is 46.3 Å². The van der Waals surface area contributed by atoms with Crippen LogP contribution < -0.4 is 14.8 Å². The van der Waals surface area contributed by atoms with Gasteiger partial charge in [-0.05, 0) is 53.6 Å². The van der Waals surface area contributed by atoms with Gasteiger partial charge in [0.25, 0.3) is 0 Å². The molecule has 156 valence electrons. The highest BCUT2D eigenvalue weighted by Gasteiger charge is 2.33. The van der Waals surface area contributed by atoms with Crippen molar-refractivity contribution in [3.63, 3.8) is 0 Å². The van der Waals surface area contributed by atoms with Gasteiger partial charge >= 0.3 is 0 Å². The maximum absolute atomic E-state index is 12.1. The van der Waals surface area contributed by atoms with Crippen LogP contribution in [0.3, 0.4) is 0 Å². The third-order valence-electron chi connectivity index (χ3n) is 4.93. The van der Waals surface area contributed by atoms with Crippen molar-refractivity contribution in [3.8, 4) is 11.5 Å². The molecule has 3 rings (SSSR count). The second kappa shape index (κ2) is 10.1. The third kappa shape index (κ3) is 5.30. The lowest BCUT2D eigenvalue weighted by Gasteiger charge is -2.24. The van der Waals surface area contributed by atoms with Gasteiger partial charge in [-0.3, -0.25) is 10.1 Å². The number of nitrogens with zero attached hydrogens (tertiary/aromatic N) is 1. The fourth-order valence-corrected chi connectivity index (χ4v) is 3.73. The van der Waals surface area contributed by atoms with Crippen LogP contribution in [0.15, 0.2) is 77.3 Å². The summed E-state index contributed by atoms with van der Waals surface area (Å²) in [6.45, 7) is 0. The lowest BCUT2D eigenvalue weighted by Crippen LogP contribution is -2.34. The summed E-state index contributed by atoms with van der Waals surface area (Å²) in [5, 5.41) is 15.5. The zero-order valence-electron chi connectivity index (χ0n) is 16.7. The van der Waals surface area contributed by atoms with Crippen molar-refractivity contribution in [1.29, 1.82) is 0 Å². The van der Waals surface area contributed by atoms with Crippen LogP contribution in [-0.2, 0) is 6.42 Å². The molecule has 2 atom stereocenters. The highest BCUT2D eigenvalue weighted by molar-refractivity contribution is 9.10. The first-order chi connectivity index (χ1) is 14.5. The van der Waals surface area contributed by atoms with Crippen molar-refractivity contribution in [2.75, 3.05) is 19.5 Å². The molecule has 0 aliphatic carbocycles. The molecular formula is C23H23BrN2O4. The lowest BCUT2D eigenvalue weighted by molar-refractivity contribution is -0.525. The van der Waals surface area contributed by atoms with Crippen molar-refractivity contribution in [3.05, 3.63) is 98.5 Å². The van der Waals surface area contributed by atoms with Crippen molar-refractivity contribution >= 4 is 21.6 Å². The summed E-state index contributed by atoms with van der Waals surface area (Å²) in [6, 6.07) is 20.8. The summed E-state index contributed by atoms with van der Waals surface area (Å²) in [4.78, 5) is 11.9. The number of halogens is 1. The first kappa shape index (κ1) is 21.6. The van der Waals surface area contributed by atoms with Gasteiger partial charge in [0.2, 0.25) is 6.04 Å². The molecule has 0 bridgehead atoms. The Bertz CT molecular complexity index is 977. The number of methoxy groups -OCH3 is 2. The summed E-state index contributed by atoms with van der Waals surface area (Å²) in [5.74, 6) is 1.42. The fourth-order valence-electron chi connectivity index (χ4n) is 3.28. The van der Waals surface area contributed by atoms with E-state index in [1.165, 1.54) is 0 Å². The standard InChI is InChI=1S/C23H23BrN2O4/c1-29-19-11-7-16(8-12-19)23(25-18-9-13-20(30-2)14-10-18)22(26(27)28)15-17-5-3-4-6-21(17)24/h3-14,22-23,25H,15H2,1-2H3/t22-,23+/m0/s1. The van der Waals surface area contributed by atoms with Gasteiger partial charge in [-0.2, -0.15) is 0 Å². The number of nitro groups is 1. The second-order valence-electron chi connectivity index (χ2n) is 6.77. The molecule has 3 aromatic rings. The summed E-state index contributed by atoms with van der Waals surface area (Å²) in [7, 11) is 3.19. The fraction of sp³-hybridized carbons (Fsp3) is 0.217. The molecule has 0 aromatic heterocycles. The monoisotopic (exact) mass is 470 g/mol. The molecule has 0 aliphatic heterocycles. The third-order valence-corrected chi connectivity index (χ3v) is 5.70. The Balaban J connectivity index is 1.97. The molecule has 3 aromatic carbocycles. The van der Waals surface area contributed by atoms with E-state index in [1.807, 2.05) is 72.8 Å². The normalized spacial score (nSPS) is 12.6. The molecule has 7 heteroatoms. The van der Waals surface area contributed by atoms with E-state index in [0.29, 0.717) is 5.75 Å². The van der Waals surface area contributed by atoms with Gasteiger partial charge in [0.15, 0.2) is 0 Å². The largest absolute Gasteiger partial charge is 0.497 e. The molecule has 1 N–H and O–H groups in total. The lowest BCUT2D eigenvalue weighted by atomic mass is 9.93. The van der Waals surface area contributed by atoms with Gasteiger partial charge in [-0.25, -0.2) is 0 Å².